The molecule has 106 valence electrons. The van der Waals surface area contributed by atoms with Crippen LogP contribution in [0.5, 0.6) is 0 Å². The lowest BCUT2D eigenvalue weighted by Gasteiger charge is -2.22. The first-order valence-corrected chi connectivity index (χ1v) is 5.90. The van der Waals surface area contributed by atoms with Crippen molar-refractivity contribution >= 4 is 5.91 Å². The molecule has 0 saturated carbocycles. The fourth-order valence-electron chi connectivity index (χ4n) is 1.83. The van der Waals surface area contributed by atoms with Crippen LogP contribution in [0.15, 0.2) is 24.3 Å². The molecule has 1 amide bonds. The molecule has 0 unspecified atom stereocenters. The van der Waals surface area contributed by atoms with E-state index < -0.39 is 17.6 Å². The van der Waals surface area contributed by atoms with Crippen LogP contribution >= 0.6 is 0 Å². The van der Waals surface area contributed by atoms with Gasteiger partial charge in [0.25, 0.3) is 0 Å². The van der Waals surface area contributed by atoms with Gasteiger partial charge in [-0.15, -0.1) is 0 Å². The number of rotatable bonds is 5. The quantitative estimate of drug-likeness (QED) is 0.866. The van der Waals surface area contributed by atoms with Gasteiger partial charge >= 0.3 is 6.18 Å². The maximum absolute atomic E-state index is 12.5. The summed E-state index contributed by atoms with van der Waals surface area (Å²) in [6, 6.07) is 4.70. The van der Waals surface area contributed by atoms with Gasteiger partial charge in [0.05, 0.1) is 12.1 Å². The first kappa shape index (κ1) is 15.5. The Balaban J connectivity index is 2.88. The molecule has 19 heavy (non-hydrogen) atoms. The normalized spacial score (nSPS) is 13.6. The first-order chi connectivity index (χ1) is 8.71. The number of primary amides is 1. The van der Waals surface area contributed by atoms with Gasteiger partial charge in [0.15, 0.2) is 0 Å². The van der Waals surface area contributed by atoms with E-state index in [1.165, 1.54) is 12.1 Å². The molecule has 0 aromatic heterocycles. The van der Waals surface area contributed by atoms with Crippen LogP contribution in [0.3, 0.4) is 0 Å². The number of benzene rings is 1. The minimum atomic E-state index is -4.34. The summed E-state index contributed by atoms with van der Waals surface area (Å²) < 4.78 is 37.4. The van der Waals surface area contributed by atoms with Gasteiger partial charge in [-0.25, -0.2) is 0 Å². The molecule has 0 aliphatic heterocycles. The van der Waals surface area contributed by atoms with Crippen molar-refractivity contribution in [3.8, 4) is 0 Å². The van der Waals surface area contributed by atoms with E-state index in [4.69, 9.17) is 5.73 Å². The summed E-state index contributed by atoms with van der Waals surface area (Å²) in [6.07, 6.45) is -4.34. The van der Waals surface area contributed by atoms with Crippen molar-refractivity contribution in [1.29, 1.82) is 0 Å². The van der Waals surface area contributed by atoms with E-state index in [0.29, 0.717) is 5.56 Å². The Bertz CT molecular complexity index is 427. The number of alkyl halides is 3. The lowest BCUT2D eigenvalue weighted by molar-refractivity contribution is -0.137. The Morgan fingerprint density at radius 3 is 2.16 bits per heavy atom. The molecule has 3 nitrogen and oxygen atoms in total. The van der Waals surface area contributed by atoms with Crippen LogP contribution in [-0.4, -0.2) is 12.5 Å². The van der Waals surface area contributed by atoms with Gasteiger partial charge < -0.3 is 11.1 Å². The maximum Gasteiger partial charge on any atom is 0.416 e. The van der Waals surface area contributed by atoms with Crippen LogP contribution < -0.4 is 11.1 Å². The predicted octanol–water partition coefficient (Wildman–Crippen LogP) is 2.48. The van der Waals surface area contributed by atoms with E-state index in [0.717, 1.165) is 12.1 Å². The van der Waals surface area contributed by atoms with Gasteiger partial charge in [0.2, 0.25) is 5.91 Å². The smallest absolute Gasteiger partial charge is 0.369 e. The largest absolute Gasteiger partial charge is 0.416 e. The summed E-state index contributed by atoms with van der Waals surface area (Å²) in [7, 11) is 0. The number of halogens is 3. The monoisotopic (exact) mass is 274 g/mol. The highest BCUT2D eigenvalue weighted by Gasteiger charge is 2.30. The molecule has 0 saturated heterocycles. The summed E-state index contributed by atoms with van der Waals surface area (Å²) in [4.78, 5) is 10.8. The highest BCUT2D eigenvalue weighted by molar-refractivity contribution is 5.75. The summed E-state index contributed by atoms with van der Waals surface area (Å²) in [5.41, 5.74) is 5.06. The average Bonchev–Trinajstić information content (AvgIpc) is 2.27. The Hall–Kier alpha value is -1.56. The standard InChI is InChI=1S/C13H17F3N2O/c1-8(2)12(18-7-11(17)19)9-3-5-10(6-4-9)13(14,15)16/h3-6,8,12,18H,7H2,1-2H3,(H2,17,19)/t12-/m0/s1. The molecular formula is C13H17F3N2O. The predicted molar refractivity (Wildman–Crippen MR) is 66.2 cm³/mol. The third-order valence-electron chi connectivity index (χ3n) is 2.76. The molecule has 0 radical (unpaired) electrons. The second-order valence-electron chi connectivity index (χ2n) is 4.69. The van der Waals surface area contributed by atoms with Gasteiger partial charge in [-0.2, -0.15) is 13.2 Å². The van der Waals surface area contributed by atoms with Gasteiger partial charge in [-0.1, -0.05) is 26.0 Å². The number of nitrogens with one attached hydrogen (secondary N) is 1. The van der Waals surface area contributed by atoms with E-state index in [2.05, 4.69) is 5.32 Å². The van der Waals surface area contributed by atoms with E-state index in [1.54, 1.807) is 0 Å². The van der Waals surface area contributed by atoms with Gasteiger partial charge in [0, 0.05) is 6.04 Å². The van der Waals surface area contributed by atoms with Crippen LogP contribution in [0, 0.1) is 5.92 Å². The fraction of sp³-hybridized carbons (Fsp3) is 0.462. The molecule has 0 heterocycles. The fourth-order valence-corrected chi connectivity index (χ4v) is 1.83. The zero-order valence-electron chi connectivity index (χ0n) is 10.8. The highest BCUT2D eigenvalue weighted by atomic mass is 19.4. The van der Waals surface area contributed by atoms with E-state index >= 15 is 0 Å². The zero-order chi connectivity index (χ0) is 14.6. The SMILES string of the molecule is CC(C)[C@H](NCC(N)=O)c1ccc(C(F)(F)F)cc1. The Morgan fingerprint density at radius 1 is 1.26 bits per heavy atom. The van der Waals surface area contributed by atoms with Crippen molar-refractivity contribution in [2.45, 2.75) is 26.1 Å². The Kier molecular flexibility index (Phi) is 4.94. The summed E-state index contributed by atoms with van der Waals surface area (Å²) in [6.45, 7) is 3.82. The minimum Gasteiger partial charge on any atom is -0.369 e. The molecule has 0 bridgehead atoms. The second-order valence-corrected chi connectivity index (χ2v) is 4.69. The lowest BCUT2D eigenvalue weighted by atomic mass is 9.95. The third kappa shape index (κ3) is 4.55. The van der Waals surface area contributed by atoms with E-state index in [9.17, 15) is 18.0 Å². The first-order valence-electron chi connectivity index (χ1n) is 5.90. The van der Waals surface area contributed by atoms with Crippen molar-refractivity contribution in [1.82, 2.24) is 5.32 Å². The molecule has 0 fully saturated rings. The molecule has 6 heteroatoms. The molecule has 1 aromatic carbocycles. The number of carbonyl (C=O) groups excluding carboxylic acids is 1. The van der Waals surface area contributed by atoms with Crippen LogP contribution in [0.4, 0.5) is 13.2 Å². The molecule has 1 atom stereocenters. The topological polar surface area (TPSA) is 55.1 Å². The summed E-state index contributed by atoms with van der Waals surface area (Å²) in [5, 5.41) is 2.94. The zero-order valence-corrected chi connectivity index (χ0v) is 10.8. The van der Waals surface area contributed by atoms with E-state index in [1.807, 2.05) is 13.8 Å². The molecule has 1 aromatic rings. The van der Waals surface area contributed by atoms with Crippen molar-refractivity contribution in [2.24, 2.45) is 11.7 Å². The van der Waals surface area contributed by atoms with Gasteiger partial charge in [0.1, 0.15) is 0 Å². The number of carbonyl (C=O) groups is 1. The van der Waals surface area contributed by atoms with Crippen LogP contribution in [0.2, 0.25) is 0 Å². The maximum atomic E-state index is 12.5. The number of nitrogens with two attached hydrogens (primary N) is 1. The van der Waals surface area contributed by atoms with Crippen LogP contribution in [0.25, 0.3) is 0 Å². The number of amides is 1. The molecule has 0 aliphatic carbocycles. The average molecular weight is 274 g/mol. The van der Waals surface area contributed by atoms with Crippen molar-refractivity contribution < 1.29 is 18.0 Å². The lowest BCUT2D eigenvalue weighted by Crippen LogP contribution is -2.34. The van der Waals surface area contributed by atoms with E-state index in [-0.39, 0.29) is 18.5 Å². The van der Waals surface area contributed by atoms with Gasteiger partial charge in [-0.3, -0.25) is 4.79 Å². The Morgan fingerprint density at radius 2 is 1.79 bits per heavy atom. The second kappa shape index (κ2) is 6.06. The molecule has 1 rings (SSSR count). The van der Waals surface area contributed by atoms with Crippen molar-refractivity contribution in [2.75, 3.05) is 6.54 Å². The van der Waals surface area contributed by atoms with Crippen LogP contribution in [-0.2, 0) is 11.0 Å². The minimum absolute atomic E-state index is 0.0101. The van der Waals surface area contributed by atoms with Crippen molar-refractivity contribution in [3.05, 3.63) is 35.4 Å². The number of hydrogen-bond acceptors (Lipinski definition) is 2. The van der Waals surface area contributed by atoms with Gasteiger partial charge in [-0.05, 0) is 23.6 Å². The van der Waals surface area contributed by atoms with Crippen LogP contribution in [0.1, 0.15) is 31.0 Å². The van der Waals surface area contributed by atoms with Crippen molar-refractivity contribution in [3.63, 3.8) is 0 Å². The molecular weight excluding hydrogens is 257 g/mol. The molecule has 0 aliphatic rings. The molecule has 0 spiro atoms. The summed E-state index contributed by atoms with van der Waals surface area (Å²) >= 11 is 0. The number of hydrogen-bond donors (Lipinski definition) is 2. The third-order valence-corrected chi connectivity index (χ3v) is 2.76. The Labute approximate surface area is 110 Å². The molecule has 3 N–H and O–H groups in total. The highest BCUT2D eigenvalue weighted by Crippen LogP contribution is 2.30. The summed E-state index contributed by atoms with van der Waals surface area (Å²) in [5.74, 6) is -0.381.